The summed E-state index contributed by atoms with van der Waals surface area (Å²) in [5.41, 5.74) is 0.889. The summed E-state index contributed by atoms with van der Waals surface area (Å²) >= 11 is 0. The molecule has 0 spiro atoms. The molecule has 0 saturated heterocycles. The Hall–Kier alpha value is -1.57. The van der Waals surface area contributed by atoms with Crippen LogP contribution < -0.4 is 5.43 Å². The van der Waals surface area contributed by atoms with Crippen molar-refractivity contribution in [2.45, 2.75) is 6.92 Å². The van der Waals surface area contributed by atoms with Crippen molar-refractivity contribution in [2.24, 2.45) is 7.05 Å². The minimum atomic E-state index is 0.0962. The van der Waals surface area contributed by atoms with Crippen LogP contribution in [-0.2, 0) is 7.05 Å². The fourth-order valence-electron chi connectivity index (χ4n) is 1.49. The van der Waals surface area contributed by atoms with Crippen LogP contribution in [0.1, 0.15) is 5.56 Å². The van der Waals surface area contributed by atoms with Crippen molar-refractivity contribution in [3.63, 3.8) is 0 Å². The van der Waals surface area contributed by atoms with Crippen molar-refractivity contribution in [1.29, 1.82) is 0 Å². The van der Waals surface area contributed by atoms with Gasteiger partial charge in [0.1, 0.15) is 0 Å². The van der Waals surface area contributed by atoms with E-state index in [1.807, 2.05) is 43.1 Å². The summed E-state index contributed by atoms with van der Waals surface area (Å²) in [4.78, 5) is 11.3. The molecule has 0 fully saturated rings. The third kappa shape index (κ3) is 1.35. The Bertz CT molecular complexity index is 511. The molecule has 0 saturated carbocycles. The molecule has 2 nitrogen and oxygen atoms in total. The van der Waals surface area contributed by atoms with E-state index in [2.05, 4.69) is 0 Å². The molecular weight excluding hydrogens is 162 g/mol. The average molecular weight is 173 g/mol. The highest BCUT2D eigenvalue weighted by Gasteiger charge is 1.96. The maximum Gasteiger partial charge on any atom is 0.181 e. The molecule has 0 aliphatic rings. The minimum absolute atomic E-state index is 0.0962. The molecule has 1 aromatic carbocycles. The second kappa shape index (κ2) is 2.73. The molecule has 0 aliphatic carbocycles. The summed E-state index contributed by atoms with van der Waals surface area (Å²) in [5, 5.41) is 2.22. The molecule has 66 valence electrons. The average Bonchev–Trinajstić information content (AvgIpc) is 2.36. The molecule has 1 heterocycles. The van der Waals surface area contributed by atoms with Crippen molar-refractivity contribution < 1.29 is 0 Å². The lowest BCUT2D eigenvalue weighted by atomic mass is 10.2. The lowest BCUT2D eigenvalue weighted by Crippen LogP contribution is -1.96. The van der Waals surface area contributed by atoms with Crippen LogP contribution in [-0.4, -0.2) is 4.57 Å². The van der Waals surface area contributed by atoms with Crippen LogP contribution in [0.15, 0.2) is 35.4 Å². The maximum atomic E-state index is 11.3. The minimum Gasteiger partial charge on any atom is -0.356 e. The van der Waals surface area contributed by atoms with E-state index >= 15 is 0 Å². The first-order valence-corrected chi connectivity index (χ1v) is 4.23. The smallest absolute Gasteiger partial charge is 0.181 e. The largest absolute Gasteiger partial charge is 0.356 e. The van der Waals surface area contributed by atoms with Crippen molar-refractivity contribution in [3.8, 4) is 0 Å². The molecule has 0 radical (unpaired) electrons. The van der Waals surface area contributed by atoms with Crippen LogP contribution in [0.5, 0.6) is 0 Å². The van der Waals surface area contributed by atoms with Gasteiger partial charge in [0.15, 0.2) is 5.43 Å². The van der Waals surface area contributed by atoms with E-state index in [-0.39, 0.29) is 5.43 Å². The van der Waals surface area contributed by atoms with Gasteiger partial charge in [-0.15, -0.1) is 0 Å². The summed E-state index contributed by atoms with van der Waals surface area (Å²) in [6, 6.07) is 5.42. The van der Waals surface area contributed by atoms with E-state index in [0.717, 1.165) is 16.3 Å². The predicted molar refractivity (Wildman–Crippen MR) is 53.9 cm³/mol. The van der Waals surface area contributed by atoms with E-state index in [1.54, 1.807) is 6.07 Å². The zero-order chi connectivity index (χ0) is 9.42. The fraction of sp³-hybridized carbons (Fsp3) is 0.182. The monoisotopic (exact) mass is 173 g/mol. The normalized spacial score (nSPS) is 10.6. The first kappa shape index (κ1) is 8.05. The Kier molecular flexibility index (Phi) is 1.69. The Morgan fingerprint density at radius 3 is 2.62 bits per heavy atom. The van der Waals surface area contributed by atoms with E-state index < -0.39 is 0 Å². The van der Waals surface area contributed by atoms with Crippen molar-refractivity contribution >= 4 is 10.8 Å². The summed E-state index contributed by atoms with van der Waals surface area (Å²) in [5.74, 6) is 0. The Balaban J connectivity index is 2.93. The first-order valence-electron chi connectivity index (χ1n) is 4.23. The molecule has 1 aromatic heterocycles. The highest BCUT2D eigenvalue weighted by Crippen LogP contribution is 2.12. The summed E-state index contributed by atoms with van der Waals surface area (Å²) in [6.07, 6.45) is 4.02. The number of hydrogen-bond acceptors (Lipinski definition) is 1. The van der Waals surface area contributed by atoms with Crippen molar-refractivity contribution in [1.82, 2.24) is 4.57 Å². The molecule has 0 aliphatic heterocycles. The predicted octanol–water partition coefficient (Wildman–Crippen LogP) is 1.85. The zero-order valence-corrected chi connectivity index (χ0v) is 7.74. The maximum absolute atomic E-state index is 11.3. The van der Waals surface area contributed by atoms with Gasteiger partial charge in [-0.2, -0.15) is 0 Å². The molecular formula is C11H11NO. The lowest BCUT2D eigenvalue weighted by Gasteiger charge is -1.82. The van der Waals surface area contributed by atoms with Gasteiger partial charge in [0, 0.05) is 19.4 Å². The van der Waals surface area contributed by atoms with Crippen LogP contribution in [0, 0.1) is 6.92 Å². The Labute approximate surface area is 76.4 Å². The lowest BCUT2D eigenvalue weighted by molar-refractivity contribution is 0.933. The summed E-state index contributed by atoms with van der Waals surface area (Å²) in [6.45, 7) is 1.84. The van der Waals surface area contributed by atoms with Crippen LogP contribution in [0.4, 0.5) is 0 Å². The second-order valence-corrected chi connectivity index (χ2v) is 3.36. The van der Waals surface area contributed by atoms with Gasteiger partial charge in [-0.1, -0.05) is 0 Å². The van der Waals surface area contributed by atoms with Crippen LogP contribution in [0.3, 0.4) is 0 Å². The molecule has 0 N–H and O–H groups in total. The third-order valence-corrected chi connectivity index (χ3v) is 2.19. The van der Waals surface area contributed by atoms with Gasteiger partial charge >= 0.3 is 0 Å². The number of nitrogens with zero attached hydrogens (tertiary/aromatic N) is 1. The standard InChI is InChI=1S/C11H11NO/c1-8-5-10-7-12(2)6-9(10)3-4-11(8)13/h3-7H,1-2H3. The second-order valence-electron chi connectivity index (χ2n) is 3.36. The fourth-order valence-corrected chi connectivity index (χ4v) is 1.49. The van der Waals surface area contributed by atoms with Gasteiger partial charge in [0.25, 0.3) is 0 Å². The van der Waals surface area contributed by atoms with Gasteiger partial charge in [0.05, 0.1) is 0 Å². The van der Waals surface area contributed by atoms with Gasteiger partial charge < -0.3 is 4.57 Å². The van der Waals surface area contributed by atoms with E-state index in [1.165, 1.54) is 0 Å². The SMILES string of the molecule is Cc1cc2cn(C)cc2ccc1=O. The first-order chi connectivity index (χ1) is 6.16. The summed E-state index contributed by atoms with van der Waals surface area (Å²) in [7, 11) is 1.98. The van der Waals surface area contributed by atoms with Crippen molar-refractivity contribution in [3.05, 3.63) is 46.4 Å². The van der Waals surface area contributed by atoms with E-state index in [0.29, 0.717) is 0 Å². The van der Waals surface area contributed by atoms with Gasteiger partial charge in [0.2, 0.25) is 0 Å². The number of hydrogen-bond donors (Lipinski definition) is 0. The van der Waals surface area contributed by atoms with Gasteiger partial charge in [-0.05, 0) is 41.5 Å². The number of rotatable bonds is 0. The number of fused-ring (bicyclic) bond motifs is 1. The molecule has 0 atom stereocenters. The van der Waals surface area contributed by atoms with Crippen LogP contribution in [0.25, 0.3) is 10.8 Å². The summed E-state index contributed by atoms with van der Waals surface area (Å²) < 4.78 is 1.99. The Morgan fingerprint density at radius 2 is 1.85 bits per heavy atom. The highest BCUT2D eigenvalue weighted by molar-refractivity contribution is 5.81. The zero-order valence-electron chi connectivity index (χ0n) is 7.74. The van der Waals surface area contributed by atoms with Gasteiger partial charge in [-0.25, -0.2) is 0 Å². The number of aromatic nitrogens is 1. The quantitative estimate of drug-likeness (QED) is 0.596. The van der Waals surface area contributed by atoms with E-state index in [9.17, 15) is 4.79 Å². The molecule has 13 heavy (non-hydrogen) atoms. The molecule has 2 aromatic rings. The number of aryl methyl sites for hydroxylation is 2. The molecule has 0 amide bonds. The van der Waals surface area contributed by atoms with Crippen LogP contribution in [0.2, 0.25) is 0 Å². The topological polar surface area (TPSA) is 22.0 Å². The molecule has 0 unspecified atom stereocenters. The molecule has 2 rings (SSSR count). The van der Waals surface area contributed by atoms with Gasteiger partial charge in [-0.3, -0.25) is 4.79 Å². The van der Waals surface area contributed by atoms with Crippen molar-refractivity contribution in [2.75, 3.05) is 0 Å². The third-order valence-electron chi connectivity index (χ3n) is 2.19. The van der Waals surface area contributed by atoms with Crippen LogP contribution >= 0.6 is 0 Å². The molecule has 2 heteroatoms. The highest BCUT2D eigenvalue weighted by atomic mass is 16.1. The Morgan fingerprint density at radius 1 is 1.15 bits per heavy atom. The molecule has 0 bridgehead atoms. The van der Waals surface area contributed by atoms with E-state index in [4.69, 9.17) is 0 Å².